The van der Waals surface area contributed by atoms with Crippen LogP contribution in [0.5, 0.6) is 0 Å². The minimum Gasteiger partial charge on any atom is -0.271 e. The highest BCUT2D eigenvalue weighted by atomic mass is 32.2. The van der Waals surface area contributed by atoms with Gasteiger partial charge < -0.3 is 0 Å². The largest absolute Gasteiger partial charge is 0.301 e. The summed E-state index contributed by atoms with van der Waals surface area (Å²) < 4.78 is 55.9. The van der Waals surface area contributed by atoms with Crippen LogP contribution in [0.1, 0.15) is 18.1 Å². The fourth-order valence-electron chi connectivity index (χ4n) is 2.41. The van der Waals surface area contributed by atoms with Gasteiger partial charge in [-0.15, -0.1) is 0 Å². The first-order valence-corrected chi connectivity index (χ1v) is 10.5. The van der Waals surface area contributed by atoms with E-state index in [0.29, 0.717) is 24.2 Å². The molecule has 0 unspecified atom stereocenters. The summed E-state index contributed by atoms with van der Waals surface area (Å²) >= 11 is 0. The van der Waals surface area contributed by atoms with Crippen molar-refractivity contribution in [2.24, 2.45) is 0 Å². The van der Waals surface area contributed by atoms with Gasteiger partial charge in [0.15, 0.2) is 0 Å². The van der Waals surface area contributed by atoms with Gasteiger partial charge in [-0.3, -0.25) is 9.44 Å². The van der Waals surface area contributed by atoms with Crippen LogP contribution < -0.4 is 9.44 Å². The molecule has 25 heavy (non-hydrogen) atoms. The number of fused-ring (bicyclic) bond motifs is 1. The molecule has 8 nitrogen and oxygen atoms in total. The van der Waals surface area contributed by atoms with Gasteiger partial charge in [-0.2, -0.15) is 25.4 Å². The molecule has 0 aromatic heterocycles. The lowest BCUT2D eigenvalue weighted by Crippen LogP contribution is -2.31. The number of nitrogens with one attached hydrogen (secondary N) is 2. The maximum Gasteiger partial charge on any atom is 0.301 e. The second kappa shape index (κ2) is 6.94. The van der Waals surface area contributed by atoms with Gasteiger partial charge in [-0.05, 0) is 43.0 Å². The molecule has 0 saturated heterocycles. The van der Waals surface area contributed by atoms with E-state index in [0.717, 1.165) is 25.3 Å². The van der Waals surface area contributed by atoms with Crippen LogP contribution in [0.2, 0.25) is 0 Å². The summed E-state index contributed by atoms with van der Waals surface area (Å²) in [7, 11) is -1.52. The summed E-state index contributed by atoms with van der Waals surface area (Å²) in [5.74, 6) is 0. The van der Waals surface area contributed by atoms with Gasteiger partial charge in [-0.1, -0.05) is 11.6 Å². The Kier molecular flexibility index (Phi) is 5.47. The topological polar surface area (TPSA) is 98.8 Å². The van der Waals surface area contributed by atoms with Gasteiger partial charge in [-0.25, -0.2) is 0 Å². The van der Waals surface area contributed by atoms with E-state index in [-0.39, 0.29) is 0 Å². The summed E-state index contributed by atoms with van der Waals surface area (Å²) in [5.41, 5.74) is 3.58. The van der Waals surface area contributed by atoms with Crippen LogP contribution in [-0.4, -0.2) is 53.6 Å². The zero-order chi connectivity index (χ0) is 19.0. The normalized spacial score (nSPS) is 15.1. The Morgan fingerprint density at radius 1 is 0.840 bits per heavy atom. The number of benzene rings is 1. The van der Waals surface area contributed by atoms with E-state index in [1.807, 2.05) is 13.0 Å². The Labute approximate surface area is 149 Å². The van der Waals surface area contributed by atoms with Gasteiger partial charge in [0.2, 0.25) is 0 Å². The van der Waals surface area contributed by atoms with Crippen LogP contribution >= 0.6 is 0 Å². The van der Waals surface area contributed by atoms with E-state index < -0.39 is 20.4 Å². The average molecular weight is 389 g/mol. The monoisotopic (exact) mass is 388 g/mol. The van der Waals surface area contributed by atoms with Crippen molar-refractivity contribution in [3.05, 3.63) is 34.9 Å². The van der Waals surface area contributed by atoms with Crippen LogP contribution in [0.4, 0.5) is 11.4 Å². The highest BCUT2D eigenvalue weighted by Crippen LogP contribution is 2.34. The maximum absolute atomic E-state index is 12.2. The van der Waals surface area contributed by atoms with Crippen molar-refractivity contribution in [3.63, 3.8) is 0 Å². The zero-order valence-electron chi connectivity index (χ0n) is 15.0. The molecule has 1 aliphatic rings. The third kappa shape index (κ3) is 4.32. The molecule has 0 amide bonds. The second-order valence-electron chi connectivity index (χ2n) is 6.33. The van der Waals surface area contributed by atoms with Crippen LogP contribution in [0.3, 0.4) is 0 Å². The van der Waals surface area contributed by atoms with E-state index >= 15 is 0 Å². The summed E-state index contributed by atoms with van der Waals surface area (Å²) in [6.07, 6.45) is 3.10. The van der Waals surface area contributed by atoms with Crippen molar-refractivity contribution in [1.29, 1.82) is 0 Å². The molecule has 0 fully saturated rings. The summed E-state index contributed by atoms with van der Waals surface area (Å²) in [6.45, 7) is 1.96. The smallest absolute Gasteiger partial charge is 0.271 e. The predicted molar refractivity (Wildman–Crippen MR) is 100 cm³/mol. The molecule has 0 atom stereocenters. The number of rotatable bonds is 6. The van der Waals surface area contributed by atoms with E-state index in [9.17, 15) is 16.8 Å². The van der Waals surface area contributed by atoms with Gasteiger partial charge in [0.25, 0.3) is 0 Å². The van der Waals surface area contributed by atoms with E-state index in [4.69, 9.17) is 0 Å². The first kappa shape index (κ1) is 19.7. The summed E-state index contributed by atoms with van der Waals surface area (Å²) in [5, 5.41) is 0. The molecule has 0 spiro atoms. The van der Waals surface area contributed by atoms with Crippen molar-refractivity contribution in [2.75, 3.05) is 37.6 Å². The standard InChI is InChI=1S/C15H24N4O4S2/c1-11-6-7-12-13(10-11)15(17-25(22,23)19(4)5)9-8-14(12)16-24(20,21)18(2)3/h6,8-9,16-17H,7,10H2,1-5H3. The Hall–Kier alpha value is -1.62. The third-order valence-corrected chi connectivity index (χ3v) is 6.86. The fourth-order valence-corrected chi connectivity index (χ4v) is 3.71. The van der Waals surface area contributed by atoms with E-state index in [1.54, 1.807) is 12.1 Å². The molecular formula is C15H24N4O4S2. The fraction of sp³-hybridized carbons (Fsp3) is 0.467. The highest BCUT2D eigenvalue weighted by Gasteiger charge is 2.23. The Balaban J connectivity index is 2.51. The van der Waals surface area contributed by atoms with Crippen molar-refractivity contribution in [3.8, 4) is 0 Å². The van der Waals surface area contributed by atoms with Gasteiger partial charge >= 0.3 is 20.4 Å². The molecule has 1 aromatic carbocycles. The van der Waals surface area contributed by atoms with Crippen LogP contribution in [0.25, 0.3) is 0 Å². The molecule has 0 heterocycles. The molecule has 1 aliphatic carbocycles. The Morgan fingerprint density at radius 3 is 1.72 bits per heavy atom. The third-order valence-electron chi connectivity index (χ3n) is 3.98. The lowest BCUT2D eigenvalue weighted by atomic mass is 9.90. The van der Waals surface area contributed by atoms with E-state index in [2.05, 4.69) is 9.44 Å². The lowest BCUT2D eigenvalue weighted by Gasteiger charge is -2.24. The summed E-state index contributed by atoms with van der Waals surface area (Å²) in [4.78, 5) is 0. The van der Waals surface area contributed by atoms with Crippen molar-refractivity contribution in [2.45, 2.75) is 19.8 Å². The molecule has 0 radical (unpaired) electrons. The SMILES string of the molecule is CC1=CCc2c(NS(=O)(=O)N(C)C)ccc(NS(=O)(=O)N(C)C)c2C1. The molecule has 1 aromatic rings. The molecule has 0 saturated carbocycles. The lowest BCUT2D eigenvalue weighted by molar-refractivity contribution is 0.525. The molecule has 0 aliphatic heterocycles. The minimum absolute atomic E-state index is 0.459. The first-order valence-electron chi connectivity index (χ1n) is 7.65. The average Bonchev–Trinajstić information content (AvgIpc) is 2.49. The quantitative estimate of drug-likeness (QED) is 0.715. The molecule has 2 N–H and O–H groups in total. The van der Waals surface area contributed by atoms with Crippen LogP contribution in [-0.2, 0) is 33.3 Å². The van der Waals surface area contributed by atoms with Crippen molar-refractivity contribution in [1.82, 2.24) is 8.61 Å². The van der Waals surface area contributed by atoms with Crippen molar-refractivity contribution < 1.29 is 16.8 Å². The number of nitrogens with zero attached hydrogens (tertiary/aromatic N) is 2. The molecule has 10 heteroatoms. The van der Waals surface area contributed by atoms with Gasteiger partial charge in [0, 0.05) is 28.2 Å². The van der Waals surface area contributed by atoms with Gasteiger partial charge in [0.05, 0.1) is 11.4 Å². The molecule has 2 rings (SSSR count). The molecular weight excluding hydrogens is 364 g/mol. The second-order valence-corrected chi connectivity index (χ2v) is 10.1. The zero-order valence-corrected chi connectivity index (χ0v) is 16.6. The number of hydrogen-bond donors (Lipinski definition) is 2. The Morgan fingerprint density at radius 2 is 1.28 bits per heavy atom. The highest BCUT2D eigenvalue weighted by molar-refractivity contribution is 7.90. The van der Waals surface area contributed by atoms with E-state index in [1.165, 1.54) is 28.2 Å². The predicted octanol–water partition coefficient (Wildman–Crippen LogP) is 1.17. The van der Waals surface area contributed by atoms with Crippen LogP contribution in [0.15, 0.2) is 23.8 Å². The molecule has 0 bridgehead atoms. The maximum atomic E-state index is 12.2. The molecule has 140 valence electrons. The minimum atomic E-state index is -3.65. The first-order chi connectivity index (χ1) is 11.4. The van der Waals surface area contributed by atoms with Crippen molar-refractivity contribution >= 4 is 31.8 Å². The number of anilines is 2. The number of hydrogen-bond acceptors (Lipinski definition) is 4. The van der Waals surface area contributed by atoms with Crippen LogP contribution in [0, 0.1) is 0 Å². The Bertz CT molecular complexity index is 904. The van der Waals surface area contributed by atoms with Gasteiger partial charge in [0.1, 0.15) is 0 Å². The number of allylic oxidation sites excluding steroid dienone is 2. The summed E-state index contributed by atoms with van der Waals surface area (Å²) in [6, 6.07) is 3.17.